The van der Waals surface area contributed by atoms with Gasteiger partial charge < -0.3 is 4.90 Å². The highest BCUT2D eigenvalue weighted by Gasteiger charge is 2.31. The Bertz CT molecular complexity index is 424. The molecule has 16 heavy (non-hydrogen) atoms. The van der Waals surface area contributed by atoms with Crippen LogP contribution in [0.3, 0.4) is 0 Å². The predicted octanol–water partition coefficient (Wildman–Crippen LogP) is 3.07. The average Bonchev–Trinajstić information content (AvgIpc) is 2.60. The fourth-order valence-electron chi connectivity index (χ4n) is 1.82. The van der Waals surface area contributed by atoms with Crippen molar-refractivity contribution >= 4 is 34.8 Å². The summed E-state index contributed by atoms with van der Waals surface area (Å²) in [5, 5.41) is 0.321. The van der Waals surface area contributed by atoms with Gasteiger partial charge in [0.2, 0.25) is 5.91 Å². The SMILES string of the molecule is O=C1CC(CCl)CN1c1ccc(Cl)cc1F. The van der Waals surface area contributed by atoms with Gasteiger partial charge in [0.1, 0.15) is 5.82 Å². The third-order valence-electron chi connectivity index (χ3n) is 2.62. The van der Waals surface area contributed by atoms with Gasteiger partial charge in [0.05, 0.1) is 5.69 Å². The number of hydrogen-bond acceptors (Lipinski definition) is 1. The first-order chi connectivity index (χ1) is 7.61. The molecule has 86 valence electrons. The summed E-state index contributed by atoms with van der Waals surface area (Å²) in [7, 11) is 0. The molecular formula is C11H10Cl2FNO. The van der Waals surface area contributed by atoms with E-state index < -0.39 is 5.82 Å². The van der Waals surface area contributed by atoms with E-state index in [9.17, 15) is 9.18 Å². The zero-order valence-corrected chi connectivity index (χ0v) is 9.93. The molecule has 1 aromatic rings. The van der Waals surface area contributed by atoms with E-state index in [4.69, 9.17) is 23.2 Å². The average molecular weight is 262 g/mol. The molecule has 0 bridgehead atoms. The predicted molar refractivity (Wildman–Crippen MR) is 62.6 cm³/mol. The van der Waals surface area contributed by atoms with Crippen molar-refractivity contribution in [1.29, 1.82) is 0 Å². The van der Waals surface area contributed by atoms with Crippen LogP contribution in [0.25, 0.3) is 0 Å². The van der Waals surface area contributed by atoms with Crippen LogP contribution in [0.15, 0.2) is 18.2 Å². The lowest BCUT2D eigenvalue weighted by Gasteiger charge is -2.17. The van der Waals surface area contributed by atoms with Crippen LogP contribution in [0.1, 0.15) is 6.42 Å². The van der Waals surface area contributed by atoms with Crippen molar-refractivity contribution in [3.05, 3.63) is 29.0 Å². The lowest BCUT2D eigenvalue weighted by atomic mass is 10.1. The van der Waals surface area contributed by atoms with Gasteiger partial charge in [-0.15, -0.1) is 11.6 Å². The Morgan fingerprint density at radius 1 is 1.50 bits per heavy atom. The molecule has 1 atom stereocenters. The molecule has 1 heterocycles. The molecule has 0 radical (unpaired) electrons. The second-order valence-corrected chi connectivity index (χ2v) is 4.57. The van der Waals surface area contributed by atoms with Crippen LogP contribution in [0.4, 0.5) is 10.1 Å². The van der Waals surface area contributed by atoms with Gasteiger partial charge in [0, 0.05) is 23.9 Å². The van der Waals surface area contributed by atoms with E-state index in [-0.39, 0.29) is 17.5 Å². The Kier molecular flexibility index (Phi) is 3.36. The molecule has 1 aliphatic heterocycles. The van der Waals surface area contributed by atoms with Crippen molar-refractivity contribution in [3.63, 3.8) is 0 Å². The summed E-state index contributed by atoms with van der Waals surface area (Å²) in [6, 6.07) is 4.30. The molecule has 0 spiro atoms. The molecule has 1 aliphatic rings. The monoisotopic (exact) mass is 261 g/mol. The number of benzene rings is 1. The zero-order valence-electron chi connectivity index (χ0n) is 8.42. The molecule has 1 saturated heterocycles. The first-order valence-corrected chi connectivity index (χ1v) is 5.84. The van der Waals surface area contributed by atoms with Crippen LogP contribution >= 0.6 is 23.2 Å². The van der Waals surface area contributed by atoms with Crippen molar-refractivity contribution < 1.29 is 9.18 Å². The number of nitrogens with zero attached hydrogens (tertiary/aromatic N) is 1. The molecule has 1 amide bonds. The van der Waals surface area contributed by atoms with E-state index in [2.05, 4.69) is 0 Å². The number of amides is 1. The largest absolute Gasteiger partial charge is 0.309 e. The quantitative estimate of drug-likeness (QED) is 0.750. The maximum absolute atomic E-state index is 13.6. The van der Waals surface area contributed by atoms with Crippen LogP contribution < -0.4 is 4.90 Å². The van der Waals surface area contributed by atoms with Crippen molar-refractivity contribution in [2.45, 2.75) is 6.42 Å². The van der Waals surface area contributed by atoms with Gasteiger partial charge in [-0.25, -0.2) is 4.39 Å². The Labute approximate surface area is 103 Å². The van der Waals surface area contributed by atoms with E-state index in [1.54, 1.807) is 6.07 Å². The molecule has 2 rings (SSSR count). The fraction of sp³-hybridized carbons (Fsp3) is 0.364. The van der Waals surface area contributed by atoms with Gasteiger partial charge in [-0.05, 0) is 24.1 Å². The van der Waals surface area contributed by atoms with Crippen LogP contribution in [0.5, 0.6) is 0 Å². The van der Waals surface area contributed by atoms with E-state index in [0.717, 1.165) is 0 Å². The summed E-state index contributed by atoms with van der Waals surface area (Å²) in [5.74, 6) is -0.0514. The molecule has 0 aliphatic carbocycles. The third kappa shape index (κ3) is 2.15. The normalized spacial score (nSPS) is 20.6. The minimum atomic E-state index is -0.476. The molecule has 1 aromatic carbocycles. The number of rotatable bonds is 2. The maximum Gasteiger partial charge on any atom is 0.227 e. The van der Waals surface area contributed by atoms with Gasteiger partial charge in [0.25, 0.3) is 0 Å². The molecule has 1 fully saturated rings. The lowest BCUT2D eigenvalue weighted by Crippen LogP contribution is -2.25. The Hall–Kier alpha value is -0.800. The van der Waals surface area contributed by atoms with Crippen molar-refractivity contribution in [3.8, 4) is 0 Å². The number of carbonyl (C=O) groups excluding carboxylic acids is 1. The minimum Gasteiger partial charge on any atom is -0.309 e. The fourth-order valence-corrected chi connectivity index (χ4v) is 2.18. The molecule has 1 unspecified atom stereocenters. The van der Waals surface area contributed by atoms with Crippen LogP contribution in [-0.2, 0) is 4.79 Å². The van der Waals surface area contributed by atoms with Crippen LogP contribution in [-0.4, -0.2) is 18.3 Å². The molecule has 0 saturated carbocycles. The van der Waals surface area contributed by atoms with Crippen molar-refractivity contribution in [1.82, 2.24) is 0 Å². The number of alkyl halides is 1. The summed E-state index contributed by atoms with van der Waals surface area (Å²) in [6.45, 7) is 0.473. The van der Waals surface area contributed by atoms with Crippen molar-refractivity contribution in [2.75, 3.05) is 17.3 Å². The second kappa shape index (κ2) is 4.60. The number of halogens is 3. The standard InChI is InChI=1S/C11H10Cl2FNO/c12-5-7-3-11(16)15(6-7)10-2-1-8(13)4-9(10)14/h1-2,4,7H,3,5-6H2. The number of hydrogen-bond donors (Lipinski definition) is 0. The van der Waals surface area contributed by atoms with Crippen LogP contribution in [0, 0.1) is 11.7 Å². The van der Waals surface area contributed by atoms with Gasteiger partial charge in [-0.3, -0.25) is 4.79 Å². The summed E-state index contributed by atoms with van der Waals surface area (Å²) < 4.78 is 13.6. The number of carbonyl (C=O) groups is 1. The minimum absolute atomic E-state index is 0.0909. The van der Waals surface area contributed by atoms with E-state index >= 15 is 0 Å². The maximum atomic E-state index is 13.6. The van der Waals surface area contributed by atoms with E-state index in [1.807, 2.05) is 0 Å². The van der Waals surface area contributed by atoms with Crippen molar-refractivity contribution in [2.24, 2.45) is 5.92 Å². The highest BCUT2D eigenvalue weighted by Crippen LogP contribution is 2.29. The van der Waals surface area contributed by atoms with Gasteiger partial charge in [0.15, 0.2) is 0 Å². The highest BCUT2D eigenvalue weighted by molar-refractivity contribution is 6.30. The highest BCUT2D eigenvalue weighted by atomic mass is 35.5. The zero-order chi connectivity index (χ0) is 11.7. The van der Waals surface area contributed by atoms with Gasteiger partial charge >= 0.3 is 0 Å². The second-order valence-electron chi connectivity index (χ2n) is 3.82. The number of anilines is 1. The van der Waals surface area contributed by atoms with Gasteiger partial charge in [-0.1, -0.05) is 11.6 Å². The first-order valence-electron chi connectivity index (χ1n) is 4.93. The lowest BCUT2D eigenvalue weighted by molar-refractivity contribution is -0.117. The molecule has 0 aromatic heterocycles. The molecule has 0 N–H and O–H groups in total. The molecular weight excluding hydrogens is 252 g/mol. The van der Waals surface area contributed by atoms with E-state index in [0.29, 0.717) is 23.9 Å². The Balaban J connectivity index is 2.28. The van der Waals surface area contributed by atoms with E-state index in [1.165, 1.54) is 17.0 Å². The molecule has 5 heteroatoms. The summed E-state index contributed by atoms with van der Waals surface area (Å²) in [5.41, 5.74) is 0.280. The third-order valence-corrected chi connectivity index (χ3v) is 3.30. The van der Waals surface area contributed by atoms with Gasteiger partial charge in [-0.2, -0.15) is 0 Å². The topological polar surface area (TPSA) is 20.3 Å². The Morgan fingerprint density at radius 2 is 2.25 bits per heavy atom. The Morgan fingerprint density at radius 3 is 2.81 bits per heavy atom. The van der Waals surface area contributed by atoms with Crippen LogP contribution in [0.2, 0.25) is 5.02 Å². The smallest absolute Gasteiger partial charge is 0.227 e. The summed E-state index contributed by atoms with van der Waals surface area (Å²) >= 11 is 11.3. The summed E-state index contributed by atoms with van der Waals surface area (Å²) in [6.07, 6.45) is 0.381. The summed E-state index contributed by atoms with van der Waals surface area (Å²) in [4.78, 5) is 13.1. The molecule has 2 nitrogen and oxygen atoms in total. The first kappa shape index (κ1) is 11.7.